The zero-order chi connectivity index (χ0) is 16.7. The van der Waals surface area contributed by atoms with Gasteiger partial charge in [-0.05, 0) is 56.4 Å². The Labute approximate surface area is 135 Å². The molecule has 0 unspecified atom stereocenters. The molecule has 1 aromatic carbocycles. The van der Waals surface area contributed by atoms with Gasteiger partial charge in [-0.15, -0.1) is 0 Å². The Hall–Kier alpha value is -2.14. The van der Waals surface area contributed by atoms with Crippen LogP contribution in [-0.2, 0) is 14.3 Å². The molecule has 0 spiro atoms. The van der Waals surface area contributed by atoms with Crippen LogP contribution in [0.5, 0.6) is 5.75 Å². The predicted octanol–water partition coefficient (Wildman–Crippen LogP) is 3.29. The minimum Gasteiger partial charge on any atom is -0.478 e. The number of carboxylic acids is 1. The molecule has 0 heterocycles. The molecule has 23 heavy (non-hydrogen) atoms. The third-order valence-corrected chi connectivity index (χ3v) is 3.93. The zero-order valence-electron chi connectivity index (χ0n) is 13.2. The van der Waals surface area contributed by atoms with Gasteiger partial charge in [0, 0.05) is 12.7 Å². The first kappa shape index (κ1) is 17.2. The van der Waals surface area contributed by atoms with E-state index < -0.39 is 5.97 Å². The summed E-state index contributed by atoms with van der Waals surface area (Å²) in [6.45, 7) is 2.69. The summed E-state index contributed by atoms with van der Waals surface area (Å²) in [7, 11) is 0. The molecule has 0 amide bonds. The van der Waals surface area contributed by atoms with Gasteiger partial charge in [0.15, 0.2) is 0 Å². The fourth-order valence-electron chi connectivity index (χ4n) is 2.71. The fraction of sp³-hybridized carbons (Fsp3) is 0.444. The maximum absolute atomic E-state index is 12.2. The minimum absolute atomic E-state index is 0.0710. The molecule has 0 bridgehead atoms. The monoisotopic (exact) mass is 318 g/mol. The van der Waals surface area contributed by atoms with Crippen molar-refractivity contribution in [2.75, 3.05) is 6.61 Å². The molecule has 0 aromatic heterocycles. The first-order chi connectivity index (χ1) is 11.1. The summed E-state index contributed by atoms with van der Waals surface area (Å²) in [5.41, 5.74) is 0.740. The molecular weight excluding hydrogens is 296 g/mol. The van der Waals surface area contributed by atoms with Crippen molar-refractivity contribution in [1.82, 2.24) is 0 Å². The third kappa shape index (κ3) is 5.53. The van der Waals surface area contributed by atoms with E-state index in [-0.39, 0.29) is 18.0 Å². The van der Waals surface area contributed by atoms with Gasteiger partial charge in [0.1, 0.15) is 5.75 Å². The summed E-state index contributed by atoms with van der Waals surface area (Å²) in [5, 5.41) is 8.58. The topological polar surface area (TPSA) is 72.8 Å². The Morgan fingerprint density at radius 1 is 1.17 bits per heavy atom. The highest BCUT2D eigenvalue weighted by atomic mass is 16.5. The Kier molecular flexibility index (Phi) is 6.35. The summed E-state index contributed by atoms with van der Waals surface area (Å²) in [6, 6.07) is 6.78. The normalized spacial score (nSPS) is 21.3. The Balaban J connectivity index is 1.85. The number of carbonyl (C=O) groups excluding carboxylic acids is 1. The maximum Gasteiger partial charge on any atom is 0.328 e. The molecule has 5 heteroatoms. The van der Waals surface area contributed by atoms with Crippen molar-refractivity contribution in [3.8, 4) is 5.75 Å². The van der Waals surface area contributed by atoms with Crippen molar-refractivity contribution < 1.29 is 24.2 Å². The molecule has 1 aliphatic rings. The van der Waals surface area contributed by atoms with E-state index in [1.165, 1.54) is 6.08 Å². The van der Waals surface area contributed by atoms with Gasteiger partial charge in [-0.3, -0.25) is 4.79 Å². The molecule has 5 nitrogen and oxygen atoms in total. The Morgan fingerprint density at radius 3 is 2.39 bits per heavy atom. The van der Waals surface area contributed by atoms with Crippen LogP contribution in [0.1, 0.15) is 38.2 Å². The number of benzene rings is 1. The van der Waals surface area contributed by atoms with Crippen LogP contribution in [0.3, 0.4) is 0 Å². The average molecular weight is 318 g/mol. The molecular formula is C18H22O5. The largest absolute Gasteiger partial charge is 0.478 e. The van der Waals surface area contributed by atoms with Crippen molar-refractivity contribution in [3.05, 3.63) is 35.9 Å². The van der Waals surface area contributed by atoms with Gasteiger partial charge in [0.2, 0.25) is 0 Å². The predicted molar refractivity (Wildman–Crippen MR) is 86.1 cm³/mol. The van der Waals surface area contributed by atoms with E-state index in [0.717, 1.165) is 37.3 Å². The van der Waals surface area contributed by atoms with Crippen molar-refractivity contribution >= 4 is 18.0 Å². The third-order valence-electron chi connectivity index (χ3n) is 3.93. The SMILES string of the molecule is CCOC1CCC(C(=O)Oc2ccc(/C=C/C(=O)O)cc2)CC1. The number of hydrogen-bond donors (Lipinski definition) is 1. The number of hydrogen-bond acceptors (Lipinski definition) is 4. The van der Waals surface area contributed by atoms with Crippen molar-refractivity contribution in [2.45, 2.75) is 38.7 Å². The van der Waals surface area contributed by atoms with Gasteiger partial charge >= 0.3 is 11.9 Å². The highest BCUT2D eigenvalue weighted by Crippen LogP contribution is 2.28. The molecule has 1 aliphatic carbocycles. The van der Waals surface area contributed by atoms with Crippen molar-refractivity contribution in [3.63, 3.8) is 0 Å². The highest BCUT2D eigenvalue weighted by Gasteiger charge is 2.27. The lowest BCUT2D eigenvalue weighted by molar-refractivity contribution is -0.141. The van der Waals surface area contributed by atoms with Crippen LogP contribution in [0.25, 0.3) is 6.08 Å². The van der Waals surface area contributed by atoms with Gasteiger partial charge in [0.05, 0.1) is 12.0 Å². The lowest BCUT2D eigenvalue weighted by atomic mass is 9.87. The molecule has 124 valence electrons. The summed E-state index contributed by atoms with van der Waals surface area (Å²) < 4.78 is 11.0. The molecule has 0 atom stereocenters. The van der Waals surface area contributed by atoms with Crippen molar-refractivity contribution in [1.29, 1.82) is 0 Å². The van der Waals surface area contributed by atoms with Crippen LogP contribution in [0.2, 0.25) is 0 Å². The van der Waals surface area contributed by atoms with Crippen LogP contribution in [0.4, 0.5) is 0 Å². The summed E-state index contributed by atoms with van der Waals surface area (Å²) in [4.78, 5) is 22.6. The molecule has 1 fully saturated rings. The average Bonchev–Trinajstić information content (AvgIpc) is 2.55. The first-order valence-corrected chi connectivity index (χ1v) is 7.93. The van der Waals surface area contributed by atoms with E-state index in [4.69, 9.17) is 14.6 Å². The van der Waals surface area contributed by atoms with Crippen LogP contribution in [0.15, 0.2) is 30.3 Å². The number of carbonyl (C=O) groups is 2. The van der Waals surface area contributed by atoms with Crippen LogP contribution in [0, 0.1) is 5.92 Å². The molecule has 1 N–H and O–H groups in total. The number of carboxylic acid groups (broad SMARTS) is 1. The maximum atomic E-state index is 12.2. The van der Waals surface area contributed by atoms with E-state index in [0.29, 0.717) is 12.4 Å². The molecule has 1 saturated carbocycles. The van der Waals surface area contributed by atoms with E-state index in [2.05, 4.69) is 0 Å². The van der Waals surface area contributed by atoms with Crippen molar-refractivity contribution in [2.24, 2.45) is 5.92 Å². The summed E-state index contributed by atoms with van der Waals surface area (Å²) in [5.74, 6) is -0.787. The molecule has 2 rings (SSSR count). The second kappa shape index (κ2) is 8.48. The number of aliphatic carboxylic acids is 1. The van der Waals surface area contributed by atoms with Crippen LogP contribution in [-0.4, -0.2) is 29.8 Å². The zero-order valence-corrected chi connectivity index (χ0v) is 13.2. The molecule has 0 radical (unpaired) electrons. The second-order valence-electron chi connectivity index (χ2n) is 5.59. The van der Waals surface area contributed by atoms with Gasteiger partial charge in [-0.1, -0.05) is 12.1 Å². The van der Waals surface area contributed by atoms with Gasteiger partial charge < -0.3 is 14.6 Å². The number of esters is 1. The molecule has 1 aromatic rings. The Morgan fingerprint density at radius 2 is 1.83 bits per heavy atom. The van der Waals surface area contributed by atoms with Gasteiger partial charge in [-0.2, -0.15) is 0 Å². The van der Waals surface area contributed by atoms with Crippen LogP contribution >= 0.6 is 0 Å². The van der Waals surface area contributed by atoms with E-state index in [1.807, 2.05) is 6.92 Å². The van der Waals surface area contributed by atoms with Crippen LogP contribution < -0.4 is 4.74 Å². The fourth-order valence-corrected chi connectivity index (χ4v) is 2.71. The second-order valence-corrected chi connectivity index (χ2v) is 5.59. The standard InChI is InChI=1S/C18H22O5/c1-2-22-15-10-6-14(7-11-15)18(21)23-16-8-3-13(4-9-16)5-12-17(19)20/h3-5,8-9,12,14-15H,2,6-7,10-11H2,1H3,(H,19,20)/b12-5+. The van der Waals surface area contributed by atoms with Gasteiger partial charge in [0.25, 0.3) is 0 Å². The first-order valence-electron chi connectivity index (χ1n) is 7.93. The number of rotatable bonds is 6. The minimum atomic E-state index is -0.997. The lowest BCUT2D eigenvalue weighted by Crippen LogP contribution is -2.28. The smallest absolute Gasteiger partial charge is 0.328 e. The molecule has 0 aliphatic heterocycles. The molecule has 0 saturated heterocycles. The van der Waals surface area contributed by atoms with E-state index >= 15 is 0 Å². The summed E-state index contributed by atoms with van der Waals surface area (Å²) in [6.07, 6.45) is 6.20. The summed E-state index contributed by atoms with van der Waals surface area (Å²) >= 11 is 0. The van der Waals surface area contributed by atoms with E-state index in [9.17, 15) is 9.59 Å². The Bertz CT molecular complexity index is 553. The highest BCUT2D eigenvalue weighted by molar-refractivity contribution is 5.85. The van der Waals surface area contributed by atoms with E-state index in [1.54, 1.807) is 24.3 Å². The van der Waals surface area contributed by atoms with Gasteiger partial charge in [-0.25, -0.2) is 4.79 Å². The lowest BCUT2D eigenvalue weighted by Gasteiger charge is -2.26. The quantitative estimate of drug-likeness (QED) is 0.495. The number of ether oxygens (including phenoxy) is 2.